The minimum Gasteiger partial charge on any atom is -0.481 e. The van der Waals surface area contributed by atoms with E-state index in [-0.39, 0.29) is 13.1 Å². The highest BCUT2D eigenvalue weighted by Gasteiger charge is 2.29. The van der Waals surface area contributed by atoms with E-state index in [9.17, 15) is 22.4 Å². The van der Waals surface area contributed by atoms with Crippen LogP contribution in [0.1, 0.15) is 18.9 Å². The molecule has 0 radical (unpaired) electrons. The van der Waals surface area contributed by atoms with Crippen molar-refractivity contribution in [3.8, 4) is 5.75 Å². The van der Waals surface area contributed by atoms with Gasteiger partial charge in [-0.15, -0.1) is 0 Å². The lowest BCUT2D eigenvalue weighted by Gasteiger charge is -2.19. The van der Waals surface area contributed by atoms with Crippen molar-refractivity contribution in [1.82, 2.24) is 4.90 Å². The van der Waals surface area contributed by atoms with Crippen molar-refractivity contribution in [3.05, 3.63) is 29.6 Å². The van der Waals surface area contributed by atoms with Crippen LogP contribution in [0.3, 0.4) is 0 Å². The molecule has 0 unspecified atom stereocenters. The number of carboxylic acid groups (broad SMARTS) is 1. The molecule has 0 aromatic heterocycles. The molecule has 0 heterocycles. The Morgan fingerprint density at radius 3 is 2.55 bits per heavy atom. The maximum atomic E-state index is 13.7. The summed E-state index contributed by atoms with van der Waals surface area (Å²) in [6.45, 7) is 0.826. The maximum Gasteiger partial charge on any atom is 0.422 e. The fourth-order valence-electron chi connectivity index (χ4n) is 1.90. The minimum absolute atomic E-state index is 0.191. The molecule has 0 fully saturated rings. The van der Waals surface area contributed by atoms with Crippen LogP contribution >= 0.6 is 0 Å². The van der Waals surface area contributed by atoms with Gasteiger partial charge in [0.1, 0.15) is 0 Å². The van der Waals surface area contributed by atoms with Gasteiger partial charge in [-0.25, -0.2) is 4.39 Å². The standard InChI is InChI=1S/C14H17F4NO3/c1-2-5-19(8-13(20)21)7-10-3-4-12(11(15)6-10)22-9-14(16,17)18/h3-4,6H,2,5,7-9H2,1H3,(H,20,21). The molecule has 1 rings (SSSR count). The van der Waals surface area contributed by atoms with Gasteiger partial charge in [0.25, 0.3) is 0 Å². The van der Waals surface area contributed by atoms with Crippen LogP contribution in [0.25, 0.3) is 0 Å². The third-order valence-electron chi connectivity index (χ3n) is 2.69. The van der Waals surface area contributed by atoms with Crippen molar-refractivity contribution in [1.29, 1.82) is 0 Å². The summed E-state index contributed by atoms with van der Waals surface area (Å²) in [6, 6.07) is 3.58. The Balaban J connectivity index is 2.72. The van der Waals surface area contributed by atoms with Crippen LogP contribution < -0.4 is 4.74 Å². The van der Waals surface area contributed by atoms with Crippen LogP contribution in [0.4, 0.5) is 17.6 Å². The van der Waals surface area contributed by atoms with E-state index >= 15 is 0 Å². The fraction of sp³-hybridized carbons (Fsp3) is 0.500. The SMILES string of the molecule is CCCN(CC(=O)O)Cc1ccc(OCC(F)(F)F)c(F)c1. The first-order chi connectivity index (χ1) is 10.2. The van der Waals surface area contributed by atoms with Crippen LogP contribution in [0, 0.1) is 5.82 Å². The zero-order valence-corrected chi connectivity index (χ0v) is 12.0. The second-order valence-corrected chi connectivity index (χ2v) is 4.77. The third-order valence-corrected chi connectivity index (χ3v) is 2.69. The largest absolute Gasteiger partial charge is 0.481 e. The second kappa shape index (κ2) is 7.98. The fourth-order valence-corrected chi connectivity index (χ4v) is 1.90. The molecule has 1 aromatic carbocycles. The molecule has 0 saturated carbocycles. The zero-order valence-electron chi connectivity index (χ0n) is 12.0. The number of benzene rings is 1. The first-order valence-corrected chi connectivity index (χ1v) is 6.63. The summed E-state index contributed by atoms with van der Waals surface area (Å²) < 4.78 is 54.1. The van der Waals surface area contributed by atoms with Crippen LogP contribution in [0.2, 0.25) is 0 Å². The van der Waals surface area contributed by atoms with E-state index in [0.717, 1.165) is 18.6 Å². The monoisotopic (exact) mass is 323 g/mol. The molecule has 22 heavy (non-hydrogen) atoms. The van der Waals surface area contributed by atoms with Crippen molar-refractivity contribution in [2.24, 2.45) is 0 Å². The summed E-state index contributed by atoms with van der Waals surface area (Å²) in [5, 5.41) is 8.79. The van der Waals surface area contributed by atoms with E-state index in [2.05, 4.69) is 4.74 Å². The first kappa shape index (κ1) is 18.2. The summed E-state index contributed by atoms with van der Waals surface area (Å²) in [4.78, 5) is 12.3. The average molecular weight is 323 g/mol. The number of rotatable bonds is 8. The predicted molar refractivity (Wildman–Crippen MR) is 71.2 cm³/mol. The molecular weight excluding hydrogens is 306 g/mol. The summed E-state index contributed by atoms with van der Waals surface area (Å²) in [5.74, 6) is -2.39. The third kappa shape index (κ3) is 6.75. The highest BCUT2D eigenvalue weighted by Crippen LogP contribution is 2.22. The van der Waals surface area contributed by atoms with Crippen molar-refractivity contribution in [2.45, 2.75) is 26.1 Å². The molecule has 0 spiro atoms. The smallest absolute Gasteiger partial charge is 0.422 e. The van der Waals surface area contributed by atoms with Crippen molar-refractivity contribution in [3.63, 3.8) is 0 Å². The number of nitrogens with zero attached hydrogens (tertiary/aromatic N) is 1. The maximum absolute atomic E-state index is 13.7. The summed E-state index contributed by atoms with van der Waals surface area (Å²) in [6.07, 6.45) is -3.81. The summed E-state index contributed by atoms with van der Waals surface area (Å²) in [5.41, 5.74) is 0.464. The van der Waals surface area contributed by atoms with Gasteiger partial charge in [0, 0.05) is 6.54 Å². The van der Waals surface area contributed by atoms with E-state index in [4.69, 9.17) is 5.11 Å². The molecule has 0 amide bonds. The average Bonchev–Trinajstić information content (AvgIpc) is 2.36. The van der Waals surface area contributed by atoms with E-state index < -0.39 is 30.3 Å². The van der Waals surface area contributed by atoms with Gasteiger partial charge in [-0.1, -0.05) is 13.0 Å². The number of ether oxygens (including phenoxy) is 1. The number of hydrogen-bond donors (Lipinski definition) is 1. The summed E-state index contributed by atoms with van der Waals surface area (Å²) >= 11 is 0. The Kier molecular flexibility index (Phi) is 6.61. The number of carboxylic acids is 1. The Morgan fingerprint density at radius 1 is 1.36 bits per heavy atom. The molecule has 124 valence electrons. The van der Waals surface area contributed by atoms with Crippen molar-refractivity contribution >= 4 is 5.97 Å². The number of hydrogen-bond acceptors (Lipinski definition) is 3. The molecular formula is C14H17F4NO3. The molecule has 4 nitrogen and oxygen atoms in total. The Labute approximate surface area is 125 Å². The van der Waals surface area contributed by atoms with Crippen molar-refractivity contribution in [2.75, 3.05) is 19.7 Å². The van der Waals surface area contributed by atoms with E-state index in [1.807, 2.05) is 6.92 Å². The topological polar surface area (TPSA) is 49.8 Å². The molecule has 0 saturated heterocycles. The highest BCUT2D eigenvalue weighted by molar-refractivity contribution is 5.69. The van der Waals surface area contributed by atoms with Gasteiger partial charge in [0.2, 0.25) is 0 Å². The predicted octanol–water partition coefficient (Wildman–Crippen LogP) is 3.06. The molecule has 0 bridgehead atoms. The minimum atomic E-state index is -4.54. The van der Waals surface area contributed by atoms with E-state index in [1.54, 1.807) is 4.90 Å². The molecule has 8 heteroatoms. The second-order valence-electron chi connectivity index (χ2n) is 4.77. The van der Waals surface area contributed by atoms with Gasteiger partial charge in [0.05, 0.1) is 6.54 Å². The van der Waals surface area contributed by atoms with E-state index in [0.29, 0.717) is 12.1 Å². The molecule has 1 N–H and O–H groups in total. The zero-order chi connectivity index (χ0) is 16.8. The quantitative estimate of drug-likeness (QED) is 0.747. The Morgan fingerprint density at radius 2 is 2.05 bits per heavy atom. The molecule has 0 aliphatic rings. The van der Waals surface area contributed by atoms with Gasteiger partial charge in [0.15, 0.2) is 18.2 Å². The van der Waals surface area contributed by atoms with Crippen LogP contribution in [0.15, 0.2) is 18.2 Å². The number of halogens is 4. The van der Waals surface area contributed by atoms with Gasteiger partial charge in [-0.3, -0.25) is 9.69 Å². The lowest BCUT2D eigenvalue weighted by atomic mass is 10.2. The van der Waals surface area contributed by atoms with Gasteiger partial charge < -0.3 is 9.84 Å². The summed E-state index contributed by atoms with van der Waals surface area (Å²) in [7, 11) is 0. The lowest BCUT2D eigenvalue weighted by molar-refractivity contribution is -0.153. The van der Waals surface area contributed by atoms with Crippen LogP contribution in [0.5, 0.6) is 5.75 Å². The normalized spacial score (nSPS) is 11.7. The van der Waals surface area contributed by atoms with Crippen molar-refractivity contribution < 1.29 is 32.2 Å². The Hall–Kier alpha value is -1.83. The number of carbonyl (C=O) groups is 1. The lowest BCUT2D eigenvalue weighted by Crippen LogP contribution is -2.30. The van der Waals surface area contributed by atoms with Crippen LogP contribution in [-0.2, 0) is 11.3 Å². The highest BCUT2D eigenvalue weighted by atomic mass is 19.4. The van der Waals surface area contributed by atoms with E-state index in [1.165, 1.54) is 6.07 Å². The van der Waals surface area contributed by atoms with Gasteiger partial charge in [-0.2, -0.15) is 13.2 Å². The molecule has 0 aliphatic carbocycles. The molecule has 1 aromatic rings. The Bertz CT molecular complexity index is 505. The molecule has 0 aliphatic heterocycles. The molecule has 0 atom stereocenters. The number of alkyl halides is 3. The number of aliphatic carboxylic acids is 1. The van der Waals surface area contributed by atoms with Crippen LogP contribution in [-0.4, -0.2) is 41.8 Å². The van der Waals surface area contributed by atoms with Gasteiger partial charge >= 0.3 is 12.1 Å². The first-order valence-electron chi connectivity index (χ1n) is 6.63. The van der Waals surface area contributed by atoms with Gasteiger partial charge in [-0.05, 0) is 30.7 Å².